The van der Waals surface area contributed by atoms with E-state index in [4.69, 9.17) is 22.3 Å². The minimum atomic E-state index is 0.763. The molecule has 0 aliphatic heterocycles. The zero-order valence-corrected chi connectivity index (χ0v) is 11.2. The topological polar surface area (TPSA) is 43.3 Å². The molecule has 1 aromatic carbocycles. The van der Waals surface area contributed by atoms with Gasteiger partial charge in [-0.05, 0) is 36.2 Å². The van der Waals surface area contributed by atoms with Gasteiger partial charge in [0, 0.05) is 28.9 Å². The van der Waals surface area contributed by atoms with Crippen LogP contribution >= 0.6 is 11.6 Å². The molecule has 0 bridgehead atoms. The molecular formula is C15H12ClN3. The van der Waals surface area contributed by atoms with Crippen molar-refractivity contribution in [1.29, 1.82) is 0 Å². The van der Waals surface area contributed by atoms with Crippen molar-refractivity contribution in [3.05, 3.63) is 52.3 Å². The Morgan fingerprint density at radius 3 is 3.00 bits per heavy atom. The lowest BCUT2D eigenvalue weighted by Gasteiger charge is -2.04. The summed E-state index contributed by atoms with van der Waals surface area (Å²) in [5.74, 6) is 0. The maximum atomic E-state index is 6.05. The van der Waals surface area contributed by atoms with Crippen LogP contribution in [-0.2, 0) is 6.42 Å². The number of aryl methyl sites for hydroxylation is 1. The van der Waals surface area contributed by atoms with Crippen molar-refractivity contribution < 1.29 is 0 Å². The molecule has 94 valence electrons. The van der Waals surface area contributed by atoms with E-state index in [1.165, 1.54) is 16.8 Å². The molecule has 0 saturated carbocycles. The van der Waals surface area contributed by atoms with Gasteiger partial charge in [-0.1, -0.05) is 17.7 Å². The smallest absolute Gasteiger partial charge is 0.140 e. The Kier molecular flexibility index (Phi) is 2.01. The van der Waals surface area contributed by atoms with Crippen molar-refractivity contribution in [2.45, 2.75) is 13.3 Å². The normalized spacial score (nSPS) is 12.7. The quantitative estimate of drug-likeness (QED) is 0.531. The average Bonchev–Trinajstić information content (AvgIpc) is 2.85. The van der Waals surface area contributed by atoms with Gasteiger partial charge in [0.1, 0.15) is 5.65 Å². The minimum absolute atomic E-state index is 0.763. The number of halogens is 1. The zero-order valence-electron chi connectivity index (χ0n) is 10.4. The molecule has 0 spiro atoms. The van der Waals surface area contributed by atoms with Crippen molar-refractivity contribution in [2.75, 3.05) is 5.73 Å². The number of nitrogens with zero attached hydrogens (tertiary/aromatic N) is 2. The van der Waals surface area contributed by atoms with E-state index in [1.54, 1.807) is 0 Å². The van der Waals surface area contributed by atoms with Gasteiger partial charge < -0.3 is 10.1 Å². The number of hydrogen-bond donors (Lipinski definition) is 1. The van der Waals surface area contributed by atoms with Crippen molar-refractivity contribution in [3.8, 4) is 11.3 Å². The standard InChI is InChI=1S/C15H12ClN3/c1-8-4-11(17)7-19-13-6-9-5-10(16)2-3-12(9)14(13)18-15(8)19/h2-5,7H,6,17H2,1H3. The summed E-state index contributed by atoms with van der Waals surface area (Å²) in [4.78, 5) is 4.77. The average molecular weight is 270 g/mol. The molecule has 3 aromatic rings. The summed E-state index contributed by atoms with van der Waals surface area (Å²) in [6, 6.07) is 7.94. The molecule has 0 fully saturated rings. The maximum absolute atomic E-state index is 6.05. The van der Waals surface area contributed by atoms with Gasteiger partial charge in [-0.15, -0.1) is 0 Å². The molecule has 0 unspecified atom stereocenters. The van der Waals surface area contributed by atoms with Gasteiger partial charge in [0.15, 0.2) is 0 Å². The number of benzene rings is 1. The van der Waals surface area contributed by atoms with E-state index in [2.05, 4.69) is 10.5 Å². The van der Waals surface area contributed by atoms with Gasteiger partial charge in [0.05, 0.1) is 11.4 Å². The van der Waals surface area contributed by atoms with Crippen LogP contribution in [0.3, 0.4) is 0 Å². The van der Waals surface area contributed by atoms with E-state index in [-0.39, 0.29) is 0 Å². The first kappa shape index (κ1) is 10.9. The van der Waals surface area contributed by atoms with Gasteiger partial charge >= 0.3 is 0 Å². The number of fused-ring (bicyclic) bond motifs is 5. The van der Waals surface area contributed by atoms with Gasteiger partial charge in [0.2, 0.25) is 0 Å². The number of anilines is 1. The highest BCUT2D eigenvalue weighted by Gasteiger charge is 2.24. The first-order chi connectivity index (χ1) is 9.13. The summed E-state index contributed by atoms with van der Waals surface area (Å²) in [7, 11) is 0. The number of rotatable bonds is 0. The van der Waals surface area contributed by atoms with Crippen LogP contribution in [0.5, 0.6) is 0 Å². The molecule has 3 nitrogen and oxygen atoms in total. The fourth-order valence-corrected chi connectivity index (χ4v) is 3.08. The monoisotopic (exact) mass is 269 g/mol. The highest BCUT2D eigenvalue weighted by Crippen LogP contribution is 2.38. The third-order valence-electron chi connectivity index (χ3n) is 3.70. The maximum Gasteiger partial charge on any atom is 0.140 e. The fraction of sp³-hybridized carbons (Fsp3) is 0.133. The summed E-state index contributed by atoms with van der Waals surface area (Å²) in [5.41, 5.74) is 13.5. The Bertz CT molecular complexity index is 833. The second-order valence-electron chi connectivity index (χ2n) is 5.04. The Balaban J connectivity index is 2.07. The van der Waals surface area contributed by atoms with E-state index >= 15 is 0 Å². The van der Waals surface area contributed by atoms with Crippen LogP contribution in [0.1, 0.15) is 16.8 Å². The highest BCUT2D eigenvalue weighted by molar-refractivity contribution is 6.30. The van der Waals surface area contributed by atoms with Crippen LogP contribution in [0, 0.1) is 6.92 Å². The Morgan fingerprint density at radius 1 is 1.32 bits per heavy atom. The Hall–Kier alpha value is -2.00. The molecule has 0 radical (unpaired) electrons. The first-order valence-corrected chi connectivity index (χ1v) is 6.57. The first-order valence-electron chi connectivity index (χ1n) is 6.19. The Morgan fingerprint density at radius 2 is 2.16 bits per heavy atom. The number of aromatic nitrogens is 2. The summed E-state index contributed by atoms with van der Waals surface area (Å²) < 4.78 is 2.11. The number of hydrogen-bond acceptors (Lipinski definition) is 2. The third-order valence-corrected chi connectivity index (χ3v) is 3.94. The molecule has 2 N–H and O–H groups in total. The van der Waals surface area contributed by atoms with Crippen molar-refractivity contribution in [2.24, 2.45) is 0 Å². The van der Waals surface area contributed by atoms with E-state index in [1.807, 2.05) is 31.3 Å². The van der Waals surface area contributed by atoms with Crippen molar-refractivity contribution in [1.82, 2.24) is 9.38 Å². The zero-order chi connectivity index (χ0) is 13.1. The Labute approximate surface area is 115 Å². The third kappa shape index (κ3) is 1.42. The van der Waals surface area contributed by atoms with Crippen molar-refractivity contribution >= 4 is 22.9 Å². The molecular weight excluding hydrogens is 258 g/mol. The van der Waals surface area contributed by atoms with Gasteiger partial charge in [-0.2, -0.15) is 0 Å². The number of pyridine rings is 1. The van der Waals surface area contributed by atoms with Gasteiger partial charge in [-0.25, -0.2) is 4.98 Å². The molecule has 2 aromatic heterocycles. The minimum Gasteiger partial charge on any atom is -0.398 e. The largest absolute Gasteiger partial charge is 0.398 e. The fourth-order valence-electron chi connectivity index (χ4n) is 2.89. The summed E-state index contributed by atoms with van der Waals surface area (Å²) >= 11 is 6.05. The second kappa shape index (κ2) is 3.52. The summed E-state index contributed by atoms with van der Waals surface area (Å²) in [5, 5.41) is 0.772. The van der Waals surface area contributed by atoms with Gasteiger partial charge in [-0.3, -0.25) is 0 Å². The molecule has 2 heterocycles. The van der Waals surface area contributed by atoms with Crippen molar-refractivity contribution in [3.63, 3.8) is 0 Å². The predicted molar refractivity (Wildman–Crippen MR) is 77.6 cm³/mol. The van der Waals surface area contributed by atoms with Crippen LogP contribution < -0.4 is 5.73 Å². The molecule has 1 aliphatic carbocycles. The molecule has 0 saturated heterocycles. The lowest BCUT2D eigenvalue weighted by molar-refractivity contribution is 1.05. The molecule has 0 atom stereocenters. The second-order valence-corrected chi connectivity index (χ2v) is 5.47. The molecule has 4 rings (SSSR count). The lowest BCUT2D eigenvalue weighted by atomic mass is 10.1. The molecule has 0 amide bonds. The number of nitrogen functional groups attached to an aromatic ring is 1. The highest BCUT2D eigenvalue weighted by atomic mass is 35.5. The molecule has 4 heteroatoms. The summed E-state index contributed by atoms with van der Waals surface area (Å²) in [6.45, 7) is 2.04. The van der Waals surface area contributed by atoms with Crippen LogP contribution in [0.4, 0.5) is 5.69 Å². The number of nitrogens with two attached hydrogens (primary N) is 1. The lowest BCUT2D eigenvalue weighted by Crippen LogP contribution is -1.97. The van der Waals surface area contributed by atoms with Crippen LogP contribution in [0.2, 0.25) is 5.02 Å². The predicted octanol–water partition coefficient (Wildman–Crippen LogP) is 3.45. The van der Waals surface area contributed by atoms with E-state index in [0.717, 1.165) is 34.0 Å². The van der Waals surface area contributed by atoms with E-state index in [0.29, 0.717) is 0 Å². The van der Waals surface area contributed by atoms with Crippen LogP contribution in [0.15, 0.2) is 30.5 Å². The van der Waals surface area contributed by atoms with Crippen LogP contribution in [0.25, 0.3) is 16.9 Å². The van der Waals surface area contributed by atoms with E-state index < -0.39 is 0 Å². The van der Waals surface area contributed by atoms with Gasteiger partial charge in [0.25, 0.3) is 0 Å². The SMILES string of the molecule is Cc1cc(N)cn2c3c(nc12)-c1ccc(Cl)cc1C3. The van der Waals surface area contributed by atoms with Crippen LogP contribution in [-0.4, -0.2) is 9.38 Å². The summed E-state index contributed by atoms with van der Waals surface area (Å²) in [6.07, 6.45) is 2.80. The molecule has 1 aliphatic rings. The molecule has 19 heavy (non-hydrogen) atoms. The number of imidazole rings is 1. The van der Waals surface area contributed by atoms with E-state index in [9.17, 15) is 0 Å².